The van der Waals surface area contributed by atoms with E-state index in [0.29, 0.717) is 18.7 Å². The topological polar surface area (TPSA) is 109 Å². The molecule has 1 aliphatic rings. The SMILES string of the molecule is CCNC(=NCc1ccc(C(=O)NCC(N)=O)cc1)N(C)CCOCC1CC1.I. The summed E-state index contributed by atoms with van der Waals surface area (Å²) in [5.74, 6) is 0.694. The smallest absolute Gasteiger partial charge is 0.251 e. The summed E-state index contributed by atoms with van der Waals surface area (Å²) in [5.41, 5.74) is 6.49. The van der Waals surface area contributed by atoms with Crippen molar-refractivity contribution in [1.29, 1.82) is 0 Å². The molecule has 162 valence electrons. The highest BCUT2D eigenvalue weighted by Crippen LogP contribution is 2.28. The van der Waals surface area contributed by atoms with Gasteiger partial charge in [-0.3, -0.25) is 9.59 Å². The number of nitrogens with two attached hydrogens (primary N) is 1. The zero-order chi connectivity index (χ0) is 20.4. The second kappa shape index (κ2) is 13.4. The van der Waals surface area contributed by atoms with Crippen molar-refractivity contribution in [2.45, 2.75) is 26.3 Å². The number of rotatable bonds is 11. The first-order valence-corrected chi connectivity index (χ1v) is 9.72. The normalized spacial score (nSPS) is 13.4. The maximum Gasteiger partial charge on any atom is 0.251 e. The van der Waals surface area contributed by atoms with Crippen molar-refractivity contribution in [2.24, 2.45) is 16.6 Å². The van der Waals surface area contributed by atoms with E-state index in [4.69, 9.17) is 10.5 Å². The monoisotopic (exact) mass is 517 g/mol. The molecule has 4 N–H and O–H groups in total. The predicted octanol–water partition coefficient (Wildman–Crippen LogP) is 1.34. The summed E-state index contributed by atoms with van der Waals surface area (Å²) in [7, 11) is 1.99. The summed E-state index contributed by atoms with van der Waals surface area (Å²) < 4.78 is 5.70. The van der Waals surface area contributed by atoms with Crippen LogP contribution in [0.4, 0.5) is 0 Å². The van der Waals surface area contributed by atoms with Crippen LogP contribution in [0.1, 0.15) is 35.7 Å². The lowest BCUT2D eigenvalue weighted by molar-refractivity contribution is -0.117. The molecule has 0 aromatic heterocycles. The Morgan fingerprint density at radius 1 is 1.24 bits per heavy atom. The quantitative estimate of drug-likeness (QED) is 0.178. The Labute approximate surface area is 189 Å². The molecule has 2 rings (SSSR count). The van der Waals surface area contributed by atoms with Gasteiger partial charge in [0.25, 0.3) is 5.91 Å². The largest absolute Gasteiger partial charge is 0.379 e. The van der Waals surface area contributed by atoms with Gasteiger partial charge in [0.15, 0.2) is 5.96 Å². The van der Waals surface area contributed by atoms with E-state index in [0.717, 1.165) is 37.1 Å². The van der Waals surface area contributed by atoms with Crippen LogP contribution in [0.2, 0.25) is 0 Å². The van der Waals surface area contributed by atoms with E-state index in [1.54, 1.807) is 12.1 Å². The van der Waals surface area contributed by atoms with Gasteiger partial charge in [0.05, 0.1) is 19.7 Å². The molecule has 0 saturated heterocycles. The molecule has 1 aromatic rings. The summed E-state index contributed by atoms with van der Waals surface area (Å²) >= 11 is 0. The molecule has 9 heteroatoms. The average molecular weight is 517 g/mol. The molecular weight excluding hydrogens is 485 g/mol. The number of carbonyl (C=O) groups excluding carboxylic acids is 2. The Balaban J connectivity index is 0.00000420. The molecule has 0 heterocycles. The summed E-state index contributed by atoms with van der Waals surface area (Å²) in [4.78, 5) is 29.3. The highest BCUT2D eigenvalue weighted by atomic mass is 127. The third-order valence-corrected chi connectivity index (χ3v) is 4.37. The first-order valence-electron chi connectivity index (χ1n) is 9.72. The Morgan fingerprint density at radius 2 is 1.93 bits per heavy atom. The highest BCUT2D eigenvalue weighted by molar-refractivity contribution is 14.0. The van der Waals surface area contributed by atoms with Crippen molar-refractivity contribution in [1.82, 2.24) is 15.5 Å². The van der Waals surface area contributed by atoms with E-state index in [9.17, 15) is 9.59 Å². The predicted molar refractivity (Wildman–Crippen MR) is 124 cm³/mol. The van der Waals surface area contributed by atoms with Crippen molar-refractivity contribution >= 4 is 41.8 Å². The van der Waals surface area contributed by atoms with Crippen LogP contribution in [0, 0.1) is 5.92 Å². The first-order chi connectivity index (χ1) is 13.5. The molecule has 0 aliphatic heterocycles. The van der Waals surface area contributed by atoms with Gasteiger partial charge in [-0.05, 0) is 43.4 Å². The number of hydrogen-bond acceptors (Lipinski definition) is 4. The zero-order valence-corrected chi connectivity index (χ0v) is 19.5. The van der Waals surface area contributed by atoms with Crippen LogP contribution in [-0.4, -0.2) is 62.6 Å². The molecule has 8 nitrogen and oxygen atoms in total. The van der Waals surface area contributed by atoms with Crippen LogP contribution in [0.25, 0.3) is 0 Å². The molecule has 2 amide bonds. The van der Waals surface area contributed by atoms with E-state index < -0.39 is 5.91 Å². The second-order valence-corrected chi connectivity index (χ2v) is 6.96. The maximum atomic E-state index is 11.9. The van der Waals surface area contributed by atoms with Crippen LogP contribution < -0.4 is 16.4 Å². The summed E-state index contributed by atoms with van der Waals surface area (Å²) in [6, 6.07) is 7.13. The number of carbonyl (C=O) groups is 2. The van der Waals surface area contributed by atoms with Gasteiger partial charge in [-0.2, -0.15) is 0 Å². The molecule has 0 atom stereocenters. The van der Waals surface area contributed by atoms with Crippen molar-refractivity contribution in [3.8, 4) is 0 Å². The molecule has 0 spiro atoms. The van der Waals surface area contributed by atoms with Gasteiger partial charge in [-0.25, -0.2) is 4.99 Å². The highest BCUT2D eigenvalue weighted by Gasteiger charge is 2.21. The fourth-order valence-electron chi connectivity index (χ4n) is 2.51. The minimum Gasteiger partial charge on any atom is -0.379 e. The summed E-state index contributed by atoms with van der Waals surface area (Å²) in [5, 5.41) is 5.75. The Morgan fingerprint density at radius 3 is 2.52 bits per heavy atom. The number of benzene rings is 1. The Hall–Kier alpha value is -1.88. The van der Waals surface area contributed by atoms with Crippen LogP contribution >= 0.6 is 24.0 Å². The van der Waals surface area contributed by atoms with Gasteiger partial charge in [0.1, 0.15) is 0 Å². The number of likely N-dealkylation sites (N-methyl/N-ethyl adjacent to an activating group) is 1. The van der Waals surface area contributed by atoms with Gasteiger partial charge in [0, 0.05) is 32.3 Å². The third kappa shape index (κ3) is 9.93. The van der Waals surface area contributed by atoms with E-state index in [2.05, 4.69) is 20.5 Å². The van der Waals surface area contributed by atoms with Crippen molar-refractivity contribution in [3.05, 3.63) is 35.4 Å². The van der Waals surface area contributed by atoms with Crippen molar-refractivity contribution < 1.29 is 14.3 Å². The van der Waals surface area contributed by atoms with Gasteiger partial charge >= 0.3 is 0 Å². The number of aliphatic imine (C=N–C) groups is 1. The number of ether oxygens (including phenoxy) is 1. The van der Waals surface area contributed by atoms with E-state index in [1.807, 2.05) is 26.1 Å². The van der Waals surface area contributed by atoms with Gasteiger partial charge in [0.2, 0.25) is 5.91 Å². The van der Waals surface area contributed by atoms with Gasteiger partial charge in [-0.1, -0.05) is 12.1 Å². The molecular formula is C20H32IN5O3. The number of amides is 2. The average Bonchev–Trinajstić information content (AvgIpc) is 3.51. The van der Waals surface area contributed by atoms with Crippen LogP contribution in [-0.2, 0) is 16.1 Å². The standard InChI is InChI=1S/C20H31N5O3.HI/c1-3-22-20(25(2)10-11-28-14-16-4-5-16)24-12-15-6-8-17(9-7-15)19(27)23-13-18(21)26;/h6-9,16H,3-5,10-14H2,1-2H3,(H2,21,26)(H,22,24)(H,23,27);1H. The van der Waals surface area contributed by atoms with E-state index in [-0.39, 0.29) is 36.4 Å². The summed E-state index contributed by atoms with van der Waals surface area (Å²) in [6.45, 7) is 5.47. The van der Waals surface area contributed by atoms with Gasteiger partial charge < -0.3 is 26.0 Å². The molecule has 29 heavy (non-hydrogen) atoms. The van der Waals surface area contributed by atoms with Crippen molar-refractivity contribution in [2.75, 3.05) is 39.9 Å². The Kier molecular flexibility index (Phi) is 11.6. The first kappa shape index (κ1) is 25.2. The fourth-order valence-corrected chi connectivity index (χ4v) is 2.51. The molecule has 0 radical (unpaired) electrons. The second-order valence-electron chi connectivity index (χ2n) is 6.96. The lowest BCUT2D eigenvalue weighted by atomic mass is 10.1. The van der Waals surface area contributed by atoms with Crippen molar-refractivity contribution in [3.63, 3.8) is 0 Å². The van der Waals surface area contributed by atoms with Crippen LogP contribution in [0.15, 0.2) is 29.3 Å². The van der Waals surface area contributed by atoms with Crippen LogP contribution in [0.3, 0.4) is 0 Å². The number of guanidine groups is 1. The minimum atomic E-state index is -0.572. The molecule has 1 saturated carbocycles. The number of primary amides is 1. The molecule has 1 aromatic carbocycles. The van der Waals surface area contributed by atoms with Crippen LogP contribution in [0.5, 0.6) is 0 Å². The lowest BCUT2D eigenvalue weighted by Gasteiger charge is -2.22. The maximum absolute atomic E-state index is 11.9. The number of halogens is 1. The van der Waals surface area contributed by atoms with E-state index in [1.165, 1.54) is 12.8 Å². The molecule has 1 fully saturated rings. The van der Waals surface area contributed by atoms with E-state index >= 15 is 0 Å². The molecule has 1 aliphatic carbocycles. The third-order valence-electron chi connectivity index (χ3n) is 4.37. The lowest BCUT2D eigenvalue weighted by Crippen LogP contribution is -2.40. The number of nitrogens with one attached hydrogen (secondary N) is 2. The number of nitrogens with zero attached hydrogens (tertiary/aromatic N) is 2. The molecule has 0 bridgehead atoms. The summed E-state index contributed by atoms with van der Waals surface area (Å²) in [6.07, 6.45) is 2.59. The van der Waals surface area contributed by atoms with Gasteiger partial charge in [-0.15, -0.1) is 24.0 Å². The number of hydrogen-bond donors (Lipinski definition) is 3. The fraction of sp³-hybridized carbons (Fsp3) is 0.550. The zero-order valence-electron chi connectivity index (χ0n) is 17.1. The molecule has 0 unspecified atom stereocenters. The minimum absolute atomic E-state index is 0. The Bertz CT molecular complexity index is 677.